The lowest BCUT2D eigenvalue weighted by atomic mass is 10.3. The van der Waals surface area contributed by atoms with Crippen LogP contribution in [0.5, 0.6) is 0 Å². The molecule has 1 aromatic heterocycles. The van der Waals surface area contributed by atoms with Crippen molar-refractivity contribution in [3.05, 3.63) is 11.7 Å². The average Bonchev–Trinajstić information content (AvgIpc) is 2.63. The van der Waals surface area contributed by atoms with E-state index in [0.29, 0.717) is 11.7 Å². The van der Waals surface area contributed by atoms with Gasteiger partial charge in [-0.3, -0.25) is 4.79 Å². The summed E-state index contributed by atoms with van der Waals surface area (Å²) in [5, 5.41) is 3.80. The van der Waals surface area contributed by atoms with Gasteiger partial charge in [-0.05, 0) is 14.1 Å². The first-order valence-electron chi connectivity index (χ1n) is 5.08. The van der Waals surface area contributed by atoms with Crippen molar-refractivity contribution >= 4 is 5.78 Å². The number of Topliss-reactive ketones (excluding diaryl/α,β-unsaturated/α-hetero) is 1. The number of carbonyl (C=O) groups excluding carboxylic acids is 1. The van der Waals surface area contributed by atoms with E-state index in [-0.39, 0.29) is 18.8 Å². The molecule has 0 saturated carbocycles. The van der Waals surface area contributed by atoms with Gasteiger partial charge in [-0.2, -0.15) is 4.98 Å². The molecule has 90 valence electrons. The SMILES string of the molecule is COCC(=O)Cc1nc(CCN(C)C)no1. The van der Waals surface area contributed by atoms with Gasteiger partial charge in [0.05, 0.1) is 6.42 Å². The van der Waals surface area contributed by atoms with Gasteiger partial charge in [-0.15, -0.1) is 0 Å². The monoisotopic (exact) mass is 227 g/mol. The predicted molar refractivity (Wildman–Crippen MR) is 57.1 cm³/mol. The van der Waals surface area contributed by atoms with E-state index in [2.05, 4.69) is 10.1 Å². The highest BCUT2D eigenvalue weighted by Crippen LogP contribution is 2.00. The van der Waals surface area contributed by atoms with Crippen molar-refractivity contribution in [1.29, 1.82) is 0 Å². The first kappa shape index (κ1) is 12.8. The minimum absolute atomic E-state index is 0.0645. The quantitative estimate of drug-likeness (QED) is 0.649. The lowest BCUT2D eigenvalue weighted by Crippen LogP contribution is -2.15. The van der Waals surface area contributed by atoms with Crippen LogP contribution in [0.3, 0.4) is 0 Å². The normalized spacial score (nSPS) is 11.0. The van der Waals surface area contributed by atoms with Crippen molar-refractivity contribution in [2.45, 2.75) is 12.8 Å². The zero-order valence-corrected chi connectivity index (χ0v) is 9.89. The van der Waals surface area contributed by atoms with Crippen LogP contribution in [-0.2, 0) is 22.4 Å². The van der Waals surface area contributed by atoms with E-state index in [4.69, 9.17) is 9.26 Å². The third-order valence-corrected chi connectivity index (χ3v) is 1.95. The van der Waals surface area contributed by atoms with Gasteiger partial charge in [0, 0.05) is 20.1 Å². The summed E-state index contributed by atoms with van der Waals surface area (Å²) in [6, 6.07) is 0. The van der Waals surface area contributed by atoms with Crippen molar-refractivity contribution < 1.29 is 14.1 Å². The van der Waals surface area contributed by atoms with E-state index in [0.717, 1.165) is 13.0 Å². The molecule has 0 radical (unpaired) electrons. The fourth-order valence-corrected chi connectivity index (χ4v) is 1.17. The smallest absolute Gasteiger partial charge is 0.234 e. The molecule has 0 spiro atoms. The Morgan fingerprint density at radius 3 is 2.88 bits per heavy atom. The Labute approximate surface area is 94.6 Å². The van der Waals surface area contributed by atoms with E-state index in [9.17, 15) is 4.79 Å². The molecule has 6 heteroatoms. The van der Waals surface area contributed by atoms with Gasteiger partial charge in [0.1, 0.15) is 6.61 Å². The van der Waals surface area contributed by atoms with Crippen LogP contribution in [-0.4, -0.2) is 55.2 Å². The number of carbonyl (C=O) groups is 1. The molecule has 6 nitrogen and oxygen atoms in total. The Morgan fingerprint density at radius 1 is 1.50 bits per heavy atom. The molecule has 0 N–H and O–H groups in total. The van der Waals surface area contributed by atoms with Gasteiger partial charge in [-0.1, -0.05) is 5.16 Å². The van der Waals surface area contributed by atoms with E-state index < -0.39 is 0 Å². The van der Waals surface area contributed by atoms with Crippen LogP contribution in [0.4, 0.5) is 0 Å². The van der Waals surface area contributed by atoms with Gasteiger partial charge < -0.3 is 14.2 Å². The van der Waals surface area contributed by atoms with Crippen LogP contribution in [0.1, 0.15) is 11.7 Å². The van der Waals surface area contributed by atoms with E-state index >= 15 is 0 Å². The predicted octanol–water partition coefficient (Wildman–Crippen LogP) is -0.0683. The Morgan fingerprint density at radius 2 is 2.25 bits per heavy atom. The Bertz CT molecular complexity index is 336. The zero-order chi connectivity index (χ0) is 12.0. The molecule has 0 atom stereocenters. The molecule has 0 fully saturated rings. The van der Waals surface area contributed by atoms with Gasteiger partial charge in [0.25, 0.3) is 0 Å². The minimum Gasteiger partial charge on any atom is -0.377 e. The maximum absolute atomic E-state index is 11.2. The lowest BCUT2D eigenvalue weighted by molar-refractivity contribution is -0.122. The van der Waals surface area contributed by atoms with Crippen molar-refractivity contribution in [2.24, 2.45) is 0 Å². The molecule has 0 saturated heterocycles. The molecule has 0 aliphatic rings. The zero-order valence-electron chi connectivity index (χ0n) is 9.89. The second-order valence-corrected chi connectivity index (χ2v) is 3.81. The van der Waals surface area contributed by atoms with Crippen LogP contribution in [0, 0.1) is 0 Å². The maximum Gasteiger partial charge on any atom is 0.234 e. The van der Waals surface area contributed by atoms with Crippen molar-refractivity contribution in [1.82, 2.24) is 15.0 Å². The van der Waals surface area contributed by atoms with E-state index in [1.807, 2.05) is 19.0 Å². The van der Waals surface area contributed by atoms with Gasteiger partial charge in [0.2, 0.25) is 5.89 Å². The molecule has 0 aliphatic carbocycles. The van der Waals surface area contributed by atoms with Crippen LogP contribution >= 0.6 is 0 Å². The number of ether oxygens (including phenoxy) is 1. The summed E-state index contributed by atoms with van der Waals surface area (Å²) in [6.07, 6.45) is 0.859. The molecule has 0 unspecified atom stereocenters. The summed E-state index contributed by atoms with van der Waals surface area (Å²) >= 11 is 0. The Kier molecular flexibility index (Phi) is 5.07. The van der Waals surface area contributed by atoms with Crippen LogP contribution in [0.2, 0.25) is 0 Å². The van der Waals surface area contributed by atoms with Crippen LogP contribution in [0.15, 0.2) is 4.52 Å². The maximum atomic E-state index is 11.2. The highest BCUT2D eigenvalue weighted by atomic mass is 16.5. The molecule has 1 heterocycles. The highest BCUT2D eigenvalue weighted by Gasteiger charge is 2.11. The van der Waals surface area contributed by atoms with Crippen molar-refractivity contribution in [3.63, 3.8) is 0 Å². The van der Waals surface area contributed by atoms with Gasteiger partial charge >= 0.3 is 0 Å². The first-order chi connectivity index (χ1) is 7.61. The summed E-state index contributed by atoms with van der Waals surface area (Å²) in [7, 11) is 5.43. The first-order valence-corrected chi connectivity index (χ1v) is 5.08. The summed E-state index contributed by atoms with van der Waals surface area (Å²) in [6.45, 7) is 0.931. The fourth-order valence-electron chi connectivity index (χ4n) is 1.17. The van der Waals surface area contributed by atoms with E-state index in [1.165, 1.54) is 7.11 Å². The van der Waals surface area contributed by atoms with E-state index in [1.54, 1.807) is 0 Å². The number of hydrogen-bond donors (Lipinski definition) is 0. The standard InChI is InChI=1S/C10H17N3O3/c1-13(2)5-4-9-11-10(16-12-9)6-8(14)7-15-3/h4-7H2,1-3H3. The second-order valence-electron chi connectivity index (χ2n) is 3.81. The summed E-state index contributed by atoms with van der Waals surface area (Å²) < 4.78 is 9.67. The summed E-state index contributed by atoms with van der Waals surface area (Å²) in [5.41, 5.74) is 0. The number of methoxy groups -OCH3 is 1. The third kappa shape index (κ3) is 4.50. The molecule has 0 aromatic carbocycles. The van der Waals surface area contributed by atoms with Crippen molar-refractivity contribution in [2.75, 3.05) is 34.4 Å². The number of hydrogen-bond acceptors (Lipinski definition) is 6. The Balaban J connectivity index is 2.42. The van der Waals surface area contributed by atoms with Crippen LogP contribution < -0.4 is 0 Å². The second kappa shape index (κ2) is 6.34. The highest BCUT2D eigenvalue weighted by molar-refractivity contribution is 5.81. The molecule has 1 aromatic rings. The third-order valence-electron chi connectivity index (χ3n) is 1.95. The molecule has 0 bridgehead atoms. The lowest BCUT2D eigenvalue weighted by Gasteiger charge is -2.05. The molecule has 16 heavy (non-hydrogen) atoms. The number of rotatable bonds is 7. The van der Waals surface area contributed by atoms with Gasteiger partial charge in [-0.25, -0.2) is 0 Å². The number of likely N-dealkylation sites (N-methyl/N-ethyl adjacent to an activating group) is 1. The van der Waals surface area contributed by atoms with Crippen molar-refractivity contribution in [3.8, 4) is 0 Å². The largest absolute Gasteiger partial charge is 0.377 e. The fraction of sp³-hybridized carbons (Fsp3) is 0.700. The van der Waals surface area contributed by atoms with Crippen LogP contribution in [0.25, 0.3) is 0 Å². The molecule has 1 rings (SSSR count). The molecular weight excluding hydrogens is 210 g/mol. The average molecular weight is 227 g/mol. The van der Waals surface area contributed by atoms with Gasteiger partial charge in [0.15, 0.2) is 11.6 Å². The molecular formula is C10H17N3O3. The summed E-state index contributed by atoms with van der Waals surface area (Å²) in [4.78, 5) is 17.4. The topological polar surface area (TPSA) is 68.5 Å². The number of ketones is 1. The molecule has 0 aliphatic heterocycles. The summed E-state index contributed by atoms with van der Waals surface area (Å²) in [5.74, 6) is 0.926. The Hall–Kier alpha value is -1.27. The molecule has 0 amide bonds. The minimum atomic E-state index is -0.0645. The number of aromatic nitrogens is 2. The number of nitrogens with zero attached hydrogens (tertiary/aromatic N) is 3.